The quantitative estimate of drug-likeness (QED) is 0.642. The molecule has 114 valence electrons. The summed E-state index contributed by atoms with van der Waals surface area (Å²) in [5.41, 5.74) is 0. The number of carboxylic acids is 1. The molecule has 0 aromatic carbocycles. The molecule has 2 aliphatic rings. The molecule has 0 aromatic rings. The van der Waals surface area contributed by atoms with Gasteiger partial charge in [0.1, 0.15) is 6.04 Å². The highest BCUT2D eigenvalue weighted by Crippen LogP contribution is 2.23. The summed E-state index contributed by atoms with van der Waals surface area (Å²) in [5, 5.41) is 15.3. The number of hydrogen-bond acceptors (Lipinski definition) is 4. The summed E-state index contributed by atoms with van der Waals surface area (Å²) in [4.78, 5) is 27.0. The Hall–Kier alpha value is -1.34. The Morgan fingerprint density at radius 1 is 1.30 bits per heavy atom. The number of rotatable bonds is 4. The first-order valence-corrected chi connectivity index (χ1v) is 7.30. The molecule has 2 fully saturated rings. The third-order valence-electron chi connectivity index (χ3n) is 4.13. The summed E-state index contributed by atoms with van der Waals surface area (Å²) in [6.45, 7) is 7.75. The van der Waals surface area contributed by atoms with E-state index in [1.807, 2.05) is 6.92 Å². The van der Waals surface area contributed by atoms with Gasteiger partial charge in [0, 0.05) is 45.8 Å². The smallest absolute Gasteiger partial charge is 0.326 e. The largest absolute Gasteiger partial charge is 0.480 e. The van der Waals surface area contributed by atoms with E-state index in [0.717, 1.165) is 39.1 Å². The van der Waals surface area contributed by atoms with Crippen molar-refractivity contribution in [2.45, 2.75) is 19.4 Å². The van der Waals surface area contributed by atoms with Gasteiger partial charge in [0.15, 0.2) is 0 Å². The van der Waals surface area contributed by atoms with E-state index in [-0.39, 0.29) is 11.9 Å². The predicted molar refractivity (Wildman–Crippen MR) is 74.6 cm³/mol. The van der Waals surface area contributed by atoms with E-state index in [2.05, 4.69) is 15.5 Å². The minimum absolute atomic E-state index is 0.0198. The minimum atomic E-state index is -0.910. The maximum Gasteiger partial charge on any atom is 0.326 e. The van der Waals surface area contributed by atoms with Crippen LogP contribution in [0.3, 0.4) is 0 Å². The summed E-state index contributed by atoms with van der Waals surface area (Å²) in [7, 11) is 0. The van der Waals surface area contributed by atoms with Crippen LogP contribution >= 0.6 is 0 Å². The normalized spacial score (nSPS) is 27.6. The second-order valence-electron chi connectivity index (χ2n) is 5.57. The zero-order chi connectivity index (χ0) is 14.5. The maximum absolute atomic E-state index is 12.1. The third-order valence-corrected chi connectivity index (χ3v) is 4.13. The number of amides is 2. The average Bonchev–Trinajstić information content (AvgIpc) is 2.82. The second kappa shape index (κ2) is 6.90. The van der Waals surface area contributed by atoms with Crippen molar-refractivity contribution in [3.63, 3.8) is 0 Å². The van der Waals surface area contributed by atoms with E-state index in [4.69, 9.17) is 0 Å². The first-order valence-electron chi connectivity index (χ1n) is 7.30. The molecule has 0 radical (unpaired) electrons. The van der Waals surface area contributed by atoms with Gasteiger partial charge in [-0.15, -0.1) is 0 Å². The fourth-order valence-electron chi connectivity index (χ4n) is 2.91. The van der Waals surface area contributed by atoms with Gasteiger partial charge in [-0.05, 0) is 12.3 Å². The van der Waals surface area contributed by atoms with E-state index < -0.39 is 12.0 Å². The van der Waals surface area contributed by atoms with Crippen LogP contribution in [0.2, 0.25) is 0 Å². The molecule has 0 bridgehead atoms. The lowest BCUT2D eigenvalue weighted by atomic mass is 10.0. The van der Waals surface area contributed by atoms with Crippen LogP contribution in [0.25, 0.3) is 0 Å². The zero-order valence-electron chi connectivity index (χ0n) is 12.0. The van der Waals surface area contributed by atoms with Gasteiger partial charge in [-0.3, -0.25) is 4.90 Å². The van der Waals surface area contributed by atoms with Gasteiger partial charge >= 0.3 is 12.0 Å². The molecule has 0 aliphatic carbocycles. The van der Waals surface area contributed by atoms with Gasteiger partial charge in [0.25, 0.3) is 0 Å². The van der Waals surface area contributed by atoms with Gasteiger partial charge in [0.2, 0.25) is 0 Å². The lowest BCUT2D eigenvalue weighted by Gasteiger charge is -2.28. The average molecular weight is 284 g/mol. The van der Waals surface area contributed by atoms with E-state index in [1.165, 1.54) is 4.90 Å². The zero-order valence-corrected chi connectivity index (χ0v) is 12.0. The van der Waals surface area contributed by atoms with Gasteiger partial charge in [0.05, 0.1) is 0 Å². The molecule has 0 aromatic heterocycles. The van der Waals surface area contributed by atoms with Gasteiger partial charge in [-0.25, -0.2) is 9.59 Å². The lowest BCUT2D eigenvalue weighted by molar-refractivity contribution is -0.142. The van der Waals surface area contributed by atoms with Crippen LogP contribution in [0.5, 0.6) is 0 Å². The minimum Gasteiger partial charge on any atom is -0.480 e. The van der Waals surface area contributed by atoms with Crippen molar-refractivity contribution >= 4 is 12.0 Å². The molecule has 2 unspecified atom stereocenters. The molecule has 2 amide bonds. The van der Waals surface area contributed by atoms with Crippen molar-refractivity contribution in [2.75, 3.05) is 45.8 Å². The topological polar surface area (TPSA) is 84.9 Å². The number of urea groups is 1. The Morgan fingerprint density at radius 3 is 2.65 bits per heavy atom. The molecule has 2 rings (SSSR count). The van der Waals surface area contributed by atoms with Crippen molar-refractivity contribution in [1.82, 2.24) is 20.4 Å². The number of nitrogens with zero attached hydrogens (tertiary/aromatic N) is 2. The Balaban J connectivity index is 1.75. The summed E-state index contributed by atoms with van der Waals surface area (Å²) < 4.78 is 0. The van der Waals surface area contributed by atoms with E-state index in [0.29, 0.717) is 13.1 Å². The van der Waals surface area contributed by atoms with E-state index >= 15 is 0 Å². The molecule has 2 saturated heterocycles. The number of carbonyl (C=O) groups excluding carboxylic acids is 1. The molecule has 2 aliphatic heterocycles. The van der Waals surface area contributed by atoms with Crippen molar-refractivity contribution in [3.8, 4) is 0 Å². The summed E-state index contributed by atoms with van der Waals surface area (Å²) >= 11 is 0. The number of piperazine rings is 1. The van der Waals surface area contributed by atoms with Gasteiger partial charge in [-0.2, -0.15) is 0 Å². The van der Waals surface area contributed by atoms with Crippen LogP contribution in [0.1, 0.15) is 13.3 Å². The second-order valence-corrected chi connectivity index (χ2v) is 5.57. The monoisotopic (exact) mass is 284 g/mol. The highest BCUT2D eigenvalue weighted by atomic mass is 16.4. The molecule has 7 heteroatoms. The number of aliphatic carboxylic acids is 1. The Kier molecular flexibility index (Phi) is 5.19. The SMILES string of the molecule is CC1CCN(C(=O)NCCN2CCNCC2)C1C(=O)O. The molecular formula is C13H24N4O3. The molecule has 0 spiro atoms. The molecule has 2 atom stereocenters. The van der Waals surface area contributed by atoms with Gasteiger partial charge < -0.3 is 20.6 Å². The Labute approximate surface area is 119 Å². The Bertz CT molecular complexity index is 358. The maximum atomic E-state index is 12.1. The van der Waals surface area contributed by atoms with Gasteiger partial charge in [-0.1, -0.05) is 6.92 Å². The van der Waals surface area contributed by atoms with Crippen LogP contribution in [-0.2, 0) is 4.79 Å². The van der Waals surface area contributed by atoms with Crippen molar-refractivity contribution in [2.24, 2.45) is 5.92 Å². The van der Waals surface area contributed by atoms with Crippen molar-refractivity contribution in [1.29, 1.82) is 0 Å². The summed E-state index contributed by atoms with van der Waals surface area (Å²) in [6, 6.07) is -0.939. The van der Waals surface area contributed by atoms with Crippen LogP contribution in [0.4, 0.5) is 4.79 Å². The predicted octanol–water partition coefficient (Wildman–Crippen LogP) is -0.604. The molecule has 0 saturated carbocycles. The fourth-order valence-corrected chi connectivity index (χ4v) is 2.91. The summed E-state index contributed by atoms with van der Waals surface area (Å²) in [6.07, 6.45) is 0.752. The fraction of sp³-hybridized carbons (Fsp3) is 0.846. The summed E-state index contributed by atoms with van der Waals surface area (Å²) in [5.74, 6) is -0.890. The van der Waals surface area contributed by atoms with Crippen LogP contribution in [-0.4, -0.2) is 78.8 Å². The standard InChI is InChI=1S/C13H24N4O3/c1-10-2-6-17(11(10)12(18)19)13(20)15-5-9-16-7-3-14-4-8-16/h10-11,14H,2-9H2,1H3,(H,15,20)(H,18,19). The molecule has 7 nitrogen and oxygen atoms in total. The Morgan fingerprint density at radius 2 is 2.00 bits per heavy atom. The van der Waals surface area contributed by atoms with Crippen LogP contribution in [0.15, 0.2) is 0 Å². The number of carbonyl (C=O) groups is 2. The van der Waals surface area contributed by atoms with Crippen molar-refractivity contribution in [3.05, 3.63) is 0 Å². The van der Waals surface area contributed by atoms with Crippen LogP contribution in [0, 0.1) is 5.92 Å². The number of likely N-dealkylation sites (tertiary alicyclic amines) is 1. The van der Waals surface area contributed by atoms with Crippen molar-refractivity contribution < 1.29 is 14.7 Å². The number of nitrogens with one attached hydrogen (secondary N) is 2. The molecule has 20 heavy (non-hydrogen) atoms. The van der Waals surface area contributed by atoms with E-state index in [1.54, 1.807) is 0 Å². The lowest BCUT2D eigenvalue weighted by Crippen LogP contribution is -2.50. The number of hydrogen-bond donors (Lipinski definition) is 3. The van der Waals surface area contributed by atoms with E-state index in [9.17, 15) is 14.7 Å². The first-order chi connectivity index (χ1) is 9.59. The highest BCUT2D eigenvalue weighted by Gasteiger charge is 2.39. The first kappa shape index (κ1) is 15.1. The molecule has 2 heterocycles. The number of carboxylic acid groups (broad SMARTS) is 1. The molecule has 3 N–H and O–H groups in total. The third kappa shape index (κ3) is 3.61. The van der Waals surface area contributed by atoms with Crippen LogP contribution < -0.4 is 10.6 Å². The molecular weight excluding hydrogens is 260 g/mol. The highest BCUT2D eigenvalue weighted by molar-refractivity contribution is 5.83.